The molecule has 1 aliphatic rings. The number of aromatic nitrogens is 1. The summed E-state index contributed by atoms with van der Waals surface area (Å²) in [6.45, 7) is 3.72. The summed E-state index contributed by atoms with van der Waals surface area (Å²) >= 11 is 0. The van der Waals surface area contributed by atoms with Crippen LogP contribution in [0.25, 0.3) is 0 Å². The molecule has 0 atom stereocenters. The van der Waals surface area contributed by atoms with Gasteiger partial charge in [0.1, 0.15) is 0 Å². The predicted molar refractivity (Wildman–Crippen MR) is 103 cm³/mol. The van der Waals surface area contributed by atoms with Crippen LogP contribution < -0.4 is 5.32 Å². The Kier molecular flexibility index (Phi) is 5.59. The van der Waals surface area contributed by atoms with Crippen LogP contribution in [0.2, 0.25) is 0 Å². The van der Waals surface area contributed by atoms with Gasteiger partial charge in [0, 0.05) is 63.8 Å². The highest BCUT2D eigenvalue weighted by Crippen LogP contribution is 2.15. The van der Waals surface area contributed by atoms with Crippen molar-refractivity contribution in [1.29, 1.82) is 0 Å². The zero-order valence-electron chi connectivity index (χ0n) is 15.6. The van der Waals surface area contributed by atoms with Crippen molar-refractivity contribution in [2.45, 2.75) is 13.3 Å². The van der Waals surface area contributed by atoms with Gasteiger partial charge in [0.15, 0.2) is 0 Å². The molecule has 1 N–H and O–H groups in total. The largest absolute Gasteiger partial charge is 0.356 e. The normalized spacial score (nSPS) is 14.6. The molecule has 7 heteroatoms. The lowest BCUT2D eigenvalue weighted by Gasteiger charge is -2.22. The van der Waals surface area contributed by atoms with Crippen LogP contribution in [-0.4, -0.2) is 58.3 Å². The van der Waals surface area contributed by atoms with Crippen molar-refractivity contribution < 1.29 is 14.4 Å². The second kappa shape index (κ2) is 8.07. The number of rotatable bonds is 3. The summed E-state index contributed by atoms with van der Waals surface area (Å²) in [5.41, 5.74) is 1.91. The first kappa shape index (κ1) is 18.7. The molecule has 7 nitrogen and oxygen atoms in total. The number of benzene rings is 1. The van der Waals surface area contributed by atoms with Gasteiger partial charge in [0.2, 0.25) is 5.91 Å². The molecule has 142 valence electrons. The van der Waals surface area contributed by atoms with Gasteiger partial charge in [0.05, 0.1) is 5.56 Å². The molecule has 2 heterocycles. The molecule has 3 amide bonds. The van der Waals surface area contributed by atoms with E-state index < -0.39 is 0 Å². The summed E-state index contributed by atoms with van der Waals surface area (Å²) < 4.78 is 1.85. The standard InChI is InChI=1S/C20H24N4O3/c1-15(25)21-18-6-4-16(5-7-18)19(26)23-9-3-10-24(13-12-23)20(27)17-8-11-22(2)14-17/h4-8,11,14H,3,9-10,12-13H2,1-2H3,(H,21,25). The molecule has 0 bridgehead atoms. The van der Waals surface area contributed by atoms with Crippen molar-refractivity contribution in [2.75, 3.05) is 31.5 Å². The average Bonchev–Trinajstić information content (AvgIpc) is 2.93. The number of anilines is 1. The second-order valence-electron chi connectivity index (χ2n) is 6.76. The monoisotopic (exact) mass is 368 g/mol. The van der Waals surface area contributed by atoms with Crippen LogP contribution in [0.15, 0.2) is 42.7 Å². The summed E-state index contributed by atoms with van der Waals surface area (Å²) in [7, 11) is 1.89. The molecule has 1 aromatic carbocycles. The zero-order valence-corrected chi connectivity index (χ0v) is 15.6. The highest BCUT2D eigenvalue weighted by Gasteiger charge is 2.23. The third-order valence-electron chi connectivity index (χ3n) is 4.60. The zero-order chi connectivity index (χ0) is 19.4. The minimum absolute atomic E-state index is 0.00422. The van der Waals surface area contributed by atoms with Crippen molar-refractivity contribution in [3.8, 4) is 0 Å². The fourth-order valence-corrected chi connectivity index (χ4v) is 3.22. The van der Waals surface area contributed by atoms with Crippen LogP contribution in [0.3, 0.4) is 0 Å². The van der Waals surface area contributed by atoms with Crippen molar-refractivity contribution >= 4 is 23.4 Å². The maximum Gasteiger partial charge on any atom is 0.255 e. The van der Waals surface area contributed by atoms with Crippen molar-refractivity contribution in [2.24, 2.45) is 7.05 Å². The van der Waals surface area contributed by atoms with E-state index in [9.17, 15) is 14.4 Å². The second-order valence-corrected chi connectivity index (χ2v) is 6.76. The van der Waals surface area contributed by atoms with Gasteiger partial charge in [-0.3, -0.25) is 14.4 Å². The molecule has 0 unspecified atom stereocenters. The Labute approximate surface area is 158 Å². The maximum atomic E-state index is 12.8. The number of aryl methyl sites for hydroxylation is 1. The highest BCUT2D eigenvalue weighted by atomic mass is 16.2. The molecule has 1 aromatic heterocycles. The Morgan fingerprint density at radius 2 is 1.44 bits per heavy atom. The Hall–Kier alpha value is -3.09. The molecule has 1 aliphatic heterocycles. The Morgan fingerprint density at radius 1 is 0.852 bits per heavy atom. The van der Waals surface area contributed by atoms with Gasteiger partial charge in [0.25, 0.3) is 11.8 Å². The Morgan fingerprint density at radius 3 is 1.96 bits per heavy atom. The van der Waals surface area contributed by atoms with E-state index in [2.05, 4.69) is 5.32 Å². The van der Waals surface area contributed by atoms with Gasteiger partial charge in [-0.15, -0.1) is 0 Å². The molecule has 0 saturated carbocycles. The van der Waals surface area contributed by atoms with E-state index in [0.717, 1.165) is 6.42 Å². The van der Waals surface area contributed by atoms with E-state index >= 15 is 0 Å². The molecule has 1 saturated heterocycles. The third-order valence-corrected chi connectivity index (χ3v) is 4.60. The SMILES string of the molecule is CC(=O)Nc1ccc(C(=O)N2CCCN(C(=O)c3ccn(C)c3)CC2)cc1. The highest BCUT2D eigenvalue weighted by molar-refractivity contribution is 5.96. The lowest BCUT2D eigenvalue weighted by molar-refractivity contribution is -0.114. The number of carbonyl (C=O) groups is 3. The molecule has 27 heavy (non-hydrogen) atoms. The summed E-state index contributed by atoms with van der Waals surface area (Å²) in [6.07, 6.45) is 4.41. The van der Waals surface area contributed by atoms with Crippen LogP contribution in [0.4, 0.5) is 5.69 Å². The lowest BCUT2D eigenvalue weighted by Crippen LogP contribution is -2.37. The van der Waals surface area contributed by atoms with Crippen LogP contribution in [-0.2, 0) is 11.8 Å². The first-order chi connectivity index (χ1) is 12.9. The number of carbonyl (C=O) groups excluding carboxylic acids is 3. The van der Waals surface area contributed by atoms with Crippen molar-refractivity contribution in [1.82, 2.24) is 14.4 Å². The third kappa shape index (κ3) is 4.55. The van der Waals surface area contributed by atoms with Gasteiger partial charge >= 0.3 is 0 Å². The van der Waals surface area contributed by atoms with Gasteiger partial charge in [-0.1, -0.05) is 0 Å². The van der Waals surface area contributed by atoms with Gasteiger partial charge in [-0.05, 0) is 36.8 Å². The van der Waals surface area contributed by atoms with Gasteiger partial charge in [-0.25, -0.2) is 0 Å². The maximum absolute atomic E-state index is 12.8. The van der Waals surface area contributed by atoms with E-state index in [1.807, 2.05) is 35.0 Å². The summed E-state index contributed by atoms with van der Waals surface area (Å²) in [5.74, 6) is -0.201. The first-order valence-corrected chi connectivity index (χ1v) is 9.02. The molecule has 0 aliphatic carbocycles. The molecular weight excluding hydrogens is 344 g/mol. The van der Waals surface area contributed by atoms with Crippen LogP contribution in [0.5, 0.6) is 0 Å². The van der Waals surface area contributed by atoms with Crippen molar-refractivity contribution in [3.05, 3.63) is 53.9 Å². The van der Waals surface area contributed by atoms with Crippen LogP contribution in [0.1, 0.15) is 34.1 Å². The number of hydrogen-bond acceptors (Lipinski definition) is 3. The van der Waals surface area contributed by atoms with E-state index in [4.69, 9.17) is 0 Å². The fourth-order valence-electron chi connectivity index (χ4n) is 3.22. The predicted octanol–water partition coefficient (Wildman–Crippen LogP) is 1.97. The molecule has 2 aromatic rings. The molecule has 0 radical (unpaired) electrons. The summed E-state index contributed by atoms with van der Waals surface area (Å²) in [5, 5.41) is 2.69. The quantitative estimate of drug-likeness (QED) is 0.900. The molecular formula is C20H24N4O3. The number of amides is 3. The Balaban J connectivity index is 1.62. The Bertz CT molecular complexity index is 841. The van der Waals surface area contributed by atoms with E-state index in [0.29, 0.717) is 43.0 Å². The van der Waals surface area contributed by atoms with Crippen LogP contribution >= 0.6 is 0 Å². The molecule has 0 spiro atoms. The van der Waals surface area contributed by atoms with Gasteiger partial charge in [-0.2, -0.15) is 0 Å². The first-order valence-electron chi connectivity index (χ1n) is 9.02. The summed E-state index contributed by atoms with van der Waals surface area (Å²) in [4.78, 5) is 40.1. The smallest absolute Gasteiger partial charge is 0.255 e. The lowest BCUT2D eigenvalue weighted by atomic mass is 10.1. The van der Waals surface area contributed by atoms with E-state index in [1.54, 1.807) is 29.2 Å². The topological polar surface area (TPSA) is 74.7 Å². The van der Waals surface area contributed by atoms with E-state index in [1.165, 1.54) is 6.92 Å². The summed E-state index contributed by atoms with van der Waals surface area (Å²) in [6, 6.07) is 8.68. The minimum atomic E-state index is -0.148. The fraction of sp³-hybridized carbons (Fsp3) is 0.350. The molecule has 3 rings (SSSR count). The van der Waals surface area contributed by atoms with Crippen molar-refractivity contribution in [3.63, 3.8) is 0 Å². The number of nitrogens with one attached hydrogen (secondary N) is 1. The van der Waals surface area contributed by atoms with Gasteiger partial charge < -0.3 is 19.7 Å². The number of hydrogen-bond donors (Lipinski definition) is 1. The average molecular weight is 368 g/mol. The van der Waals surface area contributed by atoms with E-state index in [-0.39, 0.29) is 17.7 Å². The van der Waals surface area contributed by atoms with Crippen LogP contribution in [0, 0.1) is 0 Å². The number of nitrogens with zero attached hydrogens (tertiary/aromatic N) is 3. The molecule has 1 fully saturated rings. The minimum Gasteiger partial charge on any atom is -0.356 e.